The van der Waals surface area contributed by atoms with Crippen LogP contribution in [0.5, 0.6) is 0 Å². The SMILES string of the molecule is CCNC(=NCc1ccccc1)NCCNC(C)(C)C.I. The number of rotatable bonds is 6. The number of guanidine groups is 1. The van der Waals surface area contributed by atoms with Gasteiger partial charge in [-0.05, 0) is 33.3 Å². The van der Waals surface area contributed by atoms with E-state index in [2.05, 4.69) is 60.8 Å². The molecule has 0 atom stereocenters. The minimum Gasteiger partial charge on any atom is -0.357 e. The van der Waals surface area contributed by atoms with Crippen LogP contribution in [0.15, 0.2) is 35.3 Å². The van der Waals surface area contributed by atoms with Crippen LogP contribution in [-0.4, -0.2) is 31.1 Å². The van der Waals surface area contributed by atoms with E-state index in [0.29, 0.717) is 6.54 Å². The van der Waals surface area contributed by atoms with Crippen LogP contribution in [0, 0.1) is 0 Å². The Morgan fingerprint density at radius 3 is 2.29 bits per heavy atom. The van der Waals surface area contributed by atoms with Gasteiger partial charge in [0.15, 0.2) is 5.96 Å². The molecule has 0 bridgehead atoms. The summed E-state index contributed by atoms with van der Waals surface area (Å²) in [5.41, 5.74) is 1.37. The summed E-state index contributed by atoms with van der Waals surface area (Å²) in [4.78, 5) is 4.58. The van der Waals surface area contributed by atoms with Gasteiger partial charge >= 0.3 is 0 Å². The second-order valence-corrected chi connectivity index (χ2v) is 5.78. The van der Waals surface area contributed by atoms with Gasteiger partial charge in [0.2, 0.25) is 0 Å². The lowest BCUT2D eigenvalue weighted by Gasteiger charge is -2.21. The average Bonchev–Trinajstić information content (AvgIpc) is 2.41. The first kappa shape index (κ1) is 20.2. The van der Waals surface area contributed by atoms with E-state index < -0.39 is 0 Å². The van der Waals surface area contributed by atoms with Gasteiger partial charge in [-0.2, -0.15) is 0 Å². The molecule has 21 heavy (non-hydrogen) atoms. The Morgan fingerprint density at radius 1 is 1.05 bits per heavy atom. The second-order valence-electron chi connectivity index (χ2n) is 5.78. The van der Waals surface area contributed by atoms with E-state index in [4.69, 9.17) is 0 Å². The molecule has 5 heteroatoms. The summed E-state index contributed by atoms with van der Waals surface area (Å²) in [5, 5.41) is 10.0. The Labute approximate surface area is 146 Å². The number of hydrogen-bond acceptors (Lipinski definition) is 2. The van der Waals surface area contributed by atoms with Gasteiger partial charge in [0.25, 0.3) is 0 Å². The molecule has 0 aliphatic carbocycles. The standard InChI is InChI=1S/C16H28N4.HI/c1-5-17-15(18-11-12-20-16(2,3)4)19-13-14-9-7-6-8-10-14;/h6-10,20H,5,11-13H2,1-4H3,(H2,17,18,19);1H. The molecule has 1 aromatic rings. The Balaban J connectivity index is 0.00000400. The Kier molecular flexibility index (Phi) is 10.4. The average molecular weight is 404 g/mol. The molecular formula is C16H29IN4. The molecule has 0 aromatic heterocycles. The molecule has 4 nitrogen and oxygen atoms in total. The molecular weight excluding hydrogens is 375 g/mol. The normalized spacial score (nSPS) is 11.7. The summed E-state index contributed by atoms with van der Waals surface area (Å²) in [6.45, 7) is 11.9. The molecule has 0 saturated heterocycles. The Morgan fingerprint density at radius 2 is 1.71 bits per heavy atom. The monoisotopic (exact) mass is 404 g/mol. The first-order chi connectivity index (χ1) is 9.51. The van der Waals surface area contributed by atoms with E-state index in [1.807, 2.05) is 18.2 Å². The predicted molar refractivity (Wildman–Crippen MR) is 102 cm³/mol. The fourth-order valence-electron chi connectivity index (χ4n) is 1.71. The third-order valence-electron chi connectivity index (χ3n) is 2.68. The molecule has 1 aromatic carbocycles. The highest BCUT2D eigenvalue weighted by molar-refractivity contribution is 14.0. The van der Waals surface area contributed by atoms with Crippen LogP contribution >= 0.6 is 24.0 Å². The highest BCUT2D eigenvalue weighted by Gasteiger charge is 2.07. The highest BCUT2D eigenvalue weighted by Crippen LogP contribution is 2.00. The molecule has 0 aliphatic rings. The topological polar surface area (TPSA) is 48.5 Å². The van der Waals surface area contributed by atoms with Gasteiger partial charge in [-0.15, -0.1) is 24.0 Å². The molecule has 0 amide bonds. The molecule has 0 unspecified atom stereocenters. The molecule has 0 aliphatic heterocycles. The van der Waals surface area contributed by atoms with Gasteiger partial charge in [0.1, 0.15) is 0 Å². The molecule has 120 valence electrons. The summed E-state index contributed by atoms with van der Waals surface area (Å²) >= 11 is 0. The van der Waals surface area contributed by atoms with Crippen LogP contribution in [0.2, 0.25) is 0 Å². The van der Waals surface area contributed by atoms with E-state index >= 15 is 0 Å². The first-order valence-corrected chi connectivity index (χ1v) is 7.32. The quantitative estimate of drug-likeness (QED) is 0.296. The fourth-order valence-corrected chi connectivity index (χ4v) is 1.71. The summed E-state index contributed by atoms with van der Waals surface area (Å²) in [7, 11) is 0. The zero-order chi connectivity index (χ0) is 14.8. The zero-order valence-corrected chi connectivity index (χ0v) is 15.9. The van der Waals surface area contributed by atoms with Crippen LogP contribution in [0.25, 0.3) is 0 Å². The molecule has 0 radical (unpaired) electrons. The molecule has 0 saturated carbocycles. The molecule has 0 spiro atoms. The number of nitrogens with one attached hydrogen (secondary N) is 3. The van der Waals surface area contributed by atoms with E-state index in [1.165, 1.54) is 5.56 Å². The lowest BCUT2D eigenvalue weighted by atomic mass is 10.1. The van der Waals surface area contributed by atoms with E-state index in [1.54, 1.807) is 0 Å². The maximum absolute atomic E-state index is 4.58. The van der Waals surface area contributed by atoms with E-state index in [-0.39, 0.29) is 29.5 Å². The van der Waals surface area contributed by atoms with Gasteiger partial charge in [-0.3, -0.25) is 0 Å². The highest BCUT2D eigenvalue weighted by atomic mass is 127. The van der Waals surface area contributed by atoms with Crippen LogP contribution in [-0.2, 0) is 6.54 Å². The van der Waals surface area contributed by atoms with Crippen LogP contribution in [0.3, 0.4) is 0 Å². The van der Waals surface area contributed by atoms with Crippen molar-refractivity contribution in [3.05, 3.63) is 35.9 Å². The summed E-state index contributed by atoms with van der Waals surface area (Å²) in [6, 6.07) is 10.3. The van der Waals surface area contributed by atoms with Crippen molar-refractivity contribution < 1.29 is 0 Å². The van der Waals surface area contributed by atoms with Crippen molar-refractivity contribution in [2.24, 2.45) is 4.99 Å². The van der Waals surface area contributed by atoms with Crippen molar-refractivity contribution in [1.82, 2.24) is 16.0 Å². The molecule has 3 N–H and O–H groups in total. The van der Waals surface area contributed by atoms with Crippen molar-refractivity contribution in [3.8, 4) is 0 Å². The van der Waals surface area contributed by atoms with Gasteiger partial charge in [-0.25, -0.2) is 4.99 Å². The van der Waals surface area contributed by atoms with Gasteiger partial charge in [-0.1, -0.05) is 30.3 Å². The lowest BCUT2D eigenvalue weighted by molar-refractivity contribution is 0.428. The Bertz CT molecular complexity index is 398. The Hall–Kier alpha value is -0.820. The molecule has 0 heterocycles. The summed E-state index contributed by atoms with van der Waals surface area (Å²) < 4.78 is 0. The van der Waals surface area contributed by atoms with Gasteiger partial charge in [0.05, 0.1) is 6.54 Å². The molecule has 1 rings (SSSR count). The number of benzene rings is 1. The van der Waals surface area contributed by atoms with Crippen LogP contribution < -0.4 is 16.0 Å². The van der Waals surface area contributed by atoms with Crippen molar-refractivity contribution in [1.29, 1.82) is 0 Å². The second kappa shape index (κ2) is 10.8. The minimum atomic E-state index is 0. The van der Waals surface area contributed by atoms with E-state index in [9.17, 15) is 0 Å². The van der Waals surface area contributed by atoms with Crippen LogP contribution in [0.1, 0.15) is 33.3 Å². The maximum Gasteiger partial charge on any atom is 0.191 e. The van der Waals surface area contributed by atoms with Crippen molar-refractivity contribution in [2.75, 3.05) is 19.6 Å². The third-order valence-corrected chi connectivity index (χ3v) is 2.68. The van der Waals surface area contributed by atoms with Crippen LogP contribution in [0.4, 0.5) is 0 Å². The van der Waals surface area contributed by atoms with Crippen molar-refractivity contribution in [2.45, 2.75) is 39.8 Å². The summed E-state index contributed by atoms with van der Waals surface area (Å²) in [5.74, 6) is 0.868. The predicted octanol–water partition coefficient (Wildman–Crippen LogP) is 2.75. The lowest BCUT2D eigenvalue weighted by Crippen LogP contribution is -2.44. The van der Waals surface area contributed by atoms with Crippen molar-refractivity contribution >= 4 is 29.9 Å². The zero-order valence-electron chi connectivity index (χ0n) is 13.6. The number of nitrogens with zero attached hydrogens (tertiary/aromatic N) is 1. The van der Waals surface area contributed by atoms with Gasteiger partial charge < -0.3 is 16.0 Å². The molecule has 0 fully saturated rings. The minimum absolute atomic E-state index is 0. The number of halogens is 1. The number of hydrogen-bond donors (Lipinski definition) is 3. The summed E-state index contributed by atoms with van der Waals surface area (Å²) in [6.07, 6.45) is 0. The maximum atomic E-state index is 4.58. The number of aliphatic imine (C=N–C) groups is 1. The first-order valence-electron chi connectivity index (χ1n) is 7.32. The third kappa shape index (κ3) is 10.5. The van der Waals surface area contributed by atoms with Crippen molar-refractivity contribution in [3.63, 3.8) is 0 Å². The fraction of sp³-hybridized carbons (Fsp3) is 0.562. The smallest absolute Gasteiger partial charge is 0.191 e. The van der Waals surface area contributed by atoms with E-state index in [0.717, 1.165) is 25.6 Å². The largest absolute Gasteiger partial charge is 0.357 e. The van der Waals surface area contributed by atoms with Gasteiger partial charge in [0, 0.05) is 25.2 Å².